The van der Waals surface area contributed by atoms with Crippen LogP contribution in [0.15, 0.2) is 18.2 Å². The van der Waals surface area contributed by atoms with E-state index in [1.165, 1.54) is 0 Å². The molecule has 34 heavy (non-hydrogen) atoms. The van der Waals surface area contributed by atoms with Gasteiger partial charge in [0.05, 0.1) is 6.10 Å². The highest BCUT2D eigenvalue weighted by molar-refractivity contribution is 6.05. The third kappa shape index (κ3) is 4.45. The van der Waals surface area contributed by atoms with Crippen molar-refractivity contribution in [1.29, 1.82) is 0 Å². The number of piperidine rings is 1. The van der Waals surface area contributed by atoms with E-state index in [-0.39, 0.29) is 30.2 Å². The highest BCUT2D eigenvalue weighted by Crippen LogP contribution is 2.35. The van der Waals surface area contributed by atoms with E-state index in [1.807, 2.05) is 18.2 Å². The number of fused-ring (bicyclic) bond motifs is 1. The Bertz CT molecular complexity index is 960. The normalized spacial score (nSPS) is 31.0. The van der Waals surface area contributed by atoms with Crippen LogP contribution in [0.25, 0.3) is 0 Å². The van der Waals surface area contributed by atoms with Gasteiger partial charge in [0.1, 0.15) is 17.9 Å². The van der Waals surface area contributed by atoms with Crippen molar-refractivity contribution in [1.82, 2.24) is 15.1 Å². The van der Waals surface area contributed by atoms with E-state index in [1.54, 1.807) is 12.0 Å². The second-order valence-electron chi connectivity index (χ2n) is 10.2. The summed E-state index contributed by atoms with van der Waals surface area (Å²) in [4.78, 5) is 40.9. The molecule has 1 N–H and O–H groups in total. The summed E-state index contributed by atoms with van der Waals surface area (Å²) in [6, 6.07) is 5.47. The number of imide groups is 1. The predicted molar refractivity (Wildman–Crippen MR) is 125 cm³/mol. The first kappa shape index (κ1) is 23.3. The predicted octanol–water partition coefficient (Wildman–Crippen LogP) is 2.49. The summed E-state index contributed by atoms with van der Waals surface area (Å²) in [6.07, 6.45) is 6.82. The van der Waals surface area contributed by atoms with Crippen LogP contribution in [0.1, 0.15) is 67.8 Å². The van der Waals surface area contributed by atoms with Crippen LogP contribution in [0, 0.1) is 5.92 Å². The maximum absolute atomic E-state index is 12.9. The van der Waals surface area contributed by atoms with Gasteiger partial charge in [-0.15, -0.1) is 0 Å². The lowest BCUT2D eigenvalue weighted by Gasteiger charge is -2.40. The lowest BCUT2D eigenvalue weighted by Crippen LogP contribution is -2.52. The molecule has 4 aliphatic rings. The van der Waals surface area contributed by atoms with Crippen LogP contribution >= 0.6 is 0 Å². The molecular formula is C26H35N3O5. The van der Waals surface area contributed by atoms with Gasteiger partial charge < -0.3 is 14.4 Å². The highest BCUT2D eigenvalue weighted by atomic mass is 16.5. The molecule has 0 aromatic heterocycles. The van der Waals surface area contributed by atoms with Gasteiger partial charge in [0, 0.05) is 38.2 Å². The maximum atomic E-state index is 12.9. The van der Waals surface area contributed by atoms with Crippen LogP contribution in [0.2, 0.25) is 0 Å². The Morgan fingerprint density at radius 1 is 1.15 bits per heavy atom. The molecule has 0 radical (unpaired) electrons. The molecule has 0 bridgehead atoms. The minimum atomic E-state index is -0.594. The van der Waals surface area contributed by atoms with Crippen molar-refractivity contribution in [3.63, 3.8) is 0 Å². The van der Waals surface area contributed by atoms with E-state index in [9.17, 15) is 14.4 Å². The van der Waals surface area contributed by atoms with Crippen molar-refractivity contribution in [2.75, 3.05) is 20.2 Å². The van der Waals surface area contributed by atoms with E-state index in [0.29, 0.717) is 36.6 Å². The number of nitrogens with zero attached hydrogens (tertiary/aromatic N) is 2. The maximum Gasteiger partial charge on any atom is 0.255 e. The third-order valence-corrected chi connectivity index (χ3v) is 8.09. The number of ether oxygens (including phenoxy) is 2. The molecule has 1 saturated heterocycles. The van der Waals surface area contributed by atoms with Gasteiger partial charge >= 0.3 is 0 Å². The Hall–Kier alpha value is -2.45. The van der Waals surface area contributed by atoms with Crippen molar-refractivity contribution in [3.05, 3.63) is 29.3 Å². The Labute approximate surface area is 200 Å². The molecule has 2 aliphatic carbocycles. The number of carbonyl (C=O) groups excluding carboxylic acids is 3. The van der Waals surface area contributed by atoms with E-state index in [2.05, 4.69) is 17.1 Å². The summed E-state index contributed by atoms with van der Waals surface area (Å²) in [5.41, 5.74) is 1.50. The van der Waals surface area contributed by atoms with Gasteiger partial charge in [0.15, 0.2) is 0 Å². The number of carbonyl (C=O) groups is 3. The standard InChI is InChI=1S/C26H35N3O5/c1-3-28(14-16-11-19(12-16)33-2)21-5-4-6-23(21)34-18-7-8-20-17(13-18)15-29(26(20)32)22-9-10-24(30)27-25(22)31/h7-8,13,16,19,21-23H,3-6,9-12,14-15H2,1-2H3,(H,27,30,31)/t16-,19-,21-,22?,23-/m1/s1. The Balaban J connectivity index is 1.23. The quantitative estimate of drug-likeness (QED) is 0.589. The third-order valence-electron chi connectivity index (χ3n) is 8.09. The number of rotatable bonds is 8. The first-order valence-electron chi connectivity index (χ1n) is 12.7. The molecule has 2 aliphatic heterocycles. The lowest BCUT2D eigenvalue weighted by atomic mass is 9.81. The summed E-state index contributed by atoms with van der Waals surface area (Å²) in [5.74, 6) is 0.680. The minimum absolute atomic E-state index is 0.139. The van der Waals surface area contributed by atoms with Gasteiger partial charge in [-0.1, -0.05) is 6.92 Å². The van der Waals surface area contributed by atoms with E-state index in [4.69, 9.17) is 9.47 Å². The number of likely N-dealkylation sites (N-methyl/N-ethyl adjacent to an activating group) is 1. The number of hydrogen-bond acceptors (Lipinski definition) is 6. The zero-order valence-corrected chi connectivity index (χ0v) is 20.1. The fraction of sp³-hybridized carbons (Fsp3) is 0.654. The van der Waals surface area contributed by atoms with Crippen LogP contribution in [-0.2, 0) is 20.9 Å². The molecule has 1 aromatic rings. The van der Waals surface area contributed by atoms with Gasteiger partial charge in [0.25, 0.3) is 5.91 Å². The number of benzene rings is 1. The van der Waals surface area contributed by atoms with Crippen molar-refractivity contribution >= 4 is 17.7 Å². The highest BCUT2D eigenvalue weighted by Gasteiger charge is 2.40. The summed E-state index contributed by atoms with van der Waals surface area (Å²) < 4.78 is 12.0. The van der Waals surface area contributed by atoms with Crippen LogP contribution in [0.3, 0.4) is 0 Å². The largest absolute Gasteiger partial charge is 0.489 e. The van der Waals surface area contributed by atoms with E-state index < -0.39 is 6.04 Å². The second-order valence-corrected chi connectivity index (χ2v) is 10.2. The van der Waals surface area contributed by atoms with Gasteiger partial charge in [-0.3, -0.25) is 24.6 Å². The summed E-state index contributed by atoms with van der Waals surface area (Å²) in [7, 11) is 1.80. The molecule has 1 aromatic carbocycles. The first-order valence-corrected chi connectivity index (χ1v) is 12.7. The van der Waals surface area contributed by atoms with Crippen LogP contribution in [-0.4, -0.2) is 72.0 Å². The number of methoxy groups -OCH3 is 1. The average Bonchev–Trinajstić information content (AvgIpc) is 3.37. The molecule has 2 saturated carbocycles. The van der Waals surface area contributed by atoms with Crippen molar-refractivity contribution in [2.45, 2.75) is 82.7 Å². The molecule has 1 unspecified atom stereocenters. The van der Waals surface area contributed by atoms with Gasteiger partial charge in [-0.25, -0.2) is 0 Å². The summed E-state index contributed by atoms with van der Waals surface area (Å²) in [5, 5.41) is 2.35. The zero-order valence-electron chi connectivity index (χ0n) is 20.1. The number of hydrogen-bond donors (Lipinski definition) is 1. The average molecular weight is 470 g/mol. The molecule has 5 rings (SSSR count). The topological polar surface area (TPSA) is 88.2 Å². The summed E-state index contributed by atoms with van der Waals surface area (Å²) >= 11 is 0. The Kier molecular flexibility index (Phi) is 6.62. The fourth-order valence-corrected chi connectivity index (χ4v) is 6.11. The zero-order chi connectivity index (χ0) is 23.8. The fourth-order valence-electron chi connectivity index (χ4n) is 6.11. The molecule has 8 nitrogen and oxygen atoms in total. The molecule has 3 atom stereocenters. The van der Waals surface area contributed by atoms with E-state index >= 15 is 0 Å². The summed E-state index contributed by atoms with van der Waals surface area (Å²) in [6.45, 7) is 4.71. The molecule has 3 fully saturated rings. The molecule has 184 valence electrons. The van der Waals surface area contributed by atoms with Gasteiger partial charge in [-0.05, 0) is 74.8 Å². The molecule has 0 spiro atoms. The monoisotopic (exact) mass is 469 g/mol. The van der Waals surface area contributed by atoms with Crippen LogP contribution < -0.4 is 10.1 Å². The van der Waals surface area contributed by atoms with Gasteiger partial charge in [-0.2, -0.15) is 0 Å². The van der Waals surface area contributed by atoms with Crippen LogP contribution in [0.4, 0.5) is 0 Å². The SMILES string of the molecule is CCN(C[C@H]1C[C@H](OC)C1)[C@@H]1CCC[C@H]1Oc1ccc2c(c1)CN(C1CCC(=O)NC1=O)C2=O. The number of amides is 3. The minimum Gasteiger partial charge on any atom is -0.489 e. The first-order chi connectivity index (χ1) is 16.5. The van der Waals surface area contributed by atoms with Crippen molar-refractivity contribution in [3.8, 4) is 5.75 Å². The van der Waals surface area contributed by atoms with E-state index in [0.717, 1.165) is 56.5 Å². The second kappa shape index (κ2) is 9.66. The Morgan fingerprint density at radius 3 is 2.71 bits per heavy atom. The molecule has 3 amide bonds. The Morgan fingerprint density at radius 2 is 1.97 bits per heavy atom. The molecule has 8 heteroatoms. The lowest BCUT2D eigenvalue weighted by molar-refractivity contribution is -0.136. The number of nitrogens with one attached hydrogen (secondary N) is 1. The van der Waals surface area contributed by atoms with Crippen molar-refractivity contribution < 1.29 is 23.9 Å². The van der Waals surface area contributed by atoms with Crippen molar-refractivity contribution in [2.24, 2.45) is 5.92 Å². The van der Waals surface area contributed by atoms with Gasteiger partial charge in [0.2, 0.25) is 11.8 Å². The smallest absolute Gasteiger partial charge is 0.255 e. The molecule has 2 heterocycles. The van der Waals surface area contributed by atoms with Crippen LogP contribution in [0.5, 0.6) is 5.75 Å². The molecular weight excluding hydrogens is 434 g/mol.